The topological polar surface area (TPSA) is 87.2 Å². The first kappa shape index (κ1) is 17.7. The number of esters is 1. The molecule has 1 atom stereocenters. The molecule has 1 unspecified atom stereocenters. The van der Waals surface area contributed by atoms with Crippen LogP contribution in [0.25, 0.3) is 22.3 Å². The molecule has 2 aliphatic heterocycles. The van der Waals surface area contributed by atoms with Gasteiger partial charge in [0, 0.05) is 16.6 Å². The summed E-state index contributed by atoms with van der Waals surface area (Å²) >= 11 is 0. The van der Waals surface area contributed by atoms with Gasteiger partial charge in [0.1, 0.15) is 6.61 Å². The van der Waals surface area contributed by atoms with Crippen molar-refractivity contribution in [2.24, 2.45) is 5.92 Å². The molecule has 0 saturated heterocycles. The van der Waals surface area contributed by atoms with Crippen molar-refractivity contribution >= 4 is 22.6 Å². The van der Waals surface area contributed by atoms with Gasteiger partial charge in [-0.2, -0.15) is 0 Å². The lowest BCUT2D eigenvalue weighted by atomic mass is 9.86. The van der Waals surface area contributed by atoms with E-state index >= 15 is 0 Å². The van der Waals surface area contributed by atoms with Crippen LogP contribution >= 0.6 is 0 Å². The third-order valence-corrected chi connectivity index (χ3v) is 7.07. The summed E-state index contributed by atoms with van der Waals surface area (Å²) in [4.78, 5) is 30.6. The summed E-state index contributed by atoms with van der Waals surface area (Å²) in [5.41, 5.74) is 14.9. The highest BCUT2D eigenvalue weighted by Gasteiger charge is 2.32. The summed E-state index contributed by atoms with van der Waals surface area (Å²) in [6.07, 6.45) is 4.26. The molecule has 2 N–H and O–H groups in total. The third kappa shape index (κ3) is 2.27. The number of anilines is 1. The van der Waals surface area contributed by atoms with Gasteiger partial charge in [0.15, 0.2) is 0 Å². The molecule has 0 radical (unpaired) electrons. The molecule has 4 heterocycles. The van der Waals surface area contributed by atoms with Crippen LogP contribution in [0.4, 0.5) is 5.69 Å². The molecular weight excluding hydrogens is 378 g/mol. The predicted octanol–water partition coefficient (Wildman–Crippen LogP) is 3.12. The number of pyridine rings is 2. The lowest BCUT2D eigenvalue weighted by Gasteiger charge is -2.21. The molecule has 0 saturated carbocycles. The molecule has 0 fully saturated rings. The van der Waals surface area contributed by atoms with Gasteiger partial charge in [0.05, 0.1) is 34.9 Å². The highest BCUT2D eigenvalue weighted by molar-refractivity contribution is 5.94. The third-order valence-electron chi connectivity index (χ3n) is 7.07. The molecule has 1 aliphatic carbocycles. The van der Waals surface area contributed by atoms with Crippen molar-refractivity contribution in [1.29, 1.82) is 0 Å². The Morgan fingerprint density at radius 2 is 2.00 bits per heavy atom. The molecule has 3 aliphatic rings. The number of rotatable bonds is 1. The Labute approximate surface area is 173 Å². The number of nitrogens with zero attached hydrogens (tertiary/aromatic N) is 2. The van der Waals surface area contributed by atoms with Crippen molar-refractivity contribution in [3.63, 3.8) is 0 Å². The number of fused-ring (bicyclic) bond motifs is 5. The summed E-state index contributed by atoms with van der Waals surface area (Å²) in [5, 5.41) is 1.18. The molecule has 0 spiro atoms. The van der Waals surface area contributed by atoms with Crippen LogP contribution in [0.5, 0.6) is 0 Å². The Balaban J connectivity index is 1.60. The molecule has 6 nitrogen and oxygen atoms in total. The van der Waals surface area contributed by atoms with Gasteiger partial charge in [-0.05, 0) is 67.0 Å². The smallest absolute Gasteiger partial charge is 0.309 e. The van der Waals surface area contributed by atoms with Crippen molar-refractivity contribution in [2.75, 3.05) is 5.73 Å². The number of ether oxygens (including phenoxy) is 1. The second-order valence-corrected chi connectivity index (χ2v) is 8.64. The number of carbonyl (C=O) groups is 1. The summed E-state index contributed by atoms with van der Waals surface area (Å²) in [5.74, 6) is -0.414. The van der Waals surface area contributed by atoms with Gasteiger partial charge < -0.3 is 15.0 Å². The van der Waals surface area contributed by atoms with E-state index in [0.717, 1.165) is 53.0 Å². The lowest BCUT2D eigenvalue weighted by Crippen LogP contribution is -2.25. The van der Waals surface area contributed by atoms with Crippen LogP contribution in [0, 0.1) is 5.92 Å². The van der Waals surface area contributed by atoms with Gasteiger partial charge in [-0.15, -0.1) is 0 Å². The first-order valence-corrected chi connectivity index (χ1v) is 10.7. The maximum absolute atomic E-state index is 13.4. The highest BCUT2D eigenvalue weighted by atomic mass is 16.5. The van der Waals surface area contributed by atoms with Gasteiger partial charge in [-0.3, -0.25) is 9.59 Å². The molecule has 1 aromatic carbocycles. The SMILES string of the molecule is CCC1Cc2cc3n(c(=O)c2COC1=O)Cc1c-3nc2ccc(N)c3c2c1CCC3. The van der Waals surface area contributed by atoms with E-state index < -0.39 is 0 Å². The monoisotopic (exact) mass is 401 g/mol. The van der Waals surface area contributed by atoms with E-state index in [0.29, 0.717) is 24.9 Å². The number of aryl methyl sites for hydroxylation is 2. The minimum absolute atomic E-state index is 0.0585. The van der Waals surface area contributed by atoms with Crippen LogP contribution in [0.1, 0.15) is 47.6 Å². The molecule has 0 amide bonds. The molecule has 6 rings (SSSR count). The lowest BCUT2D eigenvalue weighted by molar-refractivity contribution is -0.149. The fourth-order valence-corrected chi connectivity index (χ4v) is 5.44. The Bertz CT molecular complexity index is 1320. The standard InChI is InChI=1S/C24H23N3O3/c1-2-12-8-13-9-20-22-16(10-27(20)23(28)17(13)11-30-24(12)29)14-4-3-5-15-18(25)6-7-19(26-22)21(14)15/h6-7,9,12H,2-5,8,10-11,25H2,1H3. The molecule has 2 aromatic heterocycles. The molecule has 0 bridgehead atoms. The number of hydrogen-bond acceptors (Lipinski definition) is 5. The van der Waals surface area contributed by atoms with E-state index in [9.17, 15) is 9.59 Å². The summed E-state index contributed by atoms with van der Waals surface area (Å²) in [6, 6.07) is 6.01. The van der Waals surface area contributed by atoms with E-state index in [2.05, 4.69) is 6.07 Å². The Kier molecular flexibility index (Phi) is 3.64. The molecule has 3 aromatic rings. The van der Waals surface area contributed by atoms with E-state index in [-0.39, 0.29) is 24.1 Å². The average Bonchev–Trinajstić information content (AvgIpc) is 3.04. The number of carbonyl (C=O) groups excluding carboxylic acids is 1. The average molecular weight is 401 g/mol. The summed E-state index contributed by atoms with van der Waals surface area (Å²) in [6.45, 7) is 2.56. The highest BCUT2D eigenvalue weighted by Crippen LogP contribution is 2.41. The predicted molar refractivity (Wildman–Crippen MR) is 114 cm³/mol. The first-order valence-electron chi connectivity index (χ1n) is 10.7. The quantitative estimate of drug-likeness (QED) is 0.391. The number of nitrogens with two attached hydrogens (primary N) is 1. The fraction of sp³-hybridized carbons (Fsp3) is 0.375. The van der Waals surface area contributed by atoms with Crippen LogP contribution in [0.15, 0.2) is 23.0 Å². The van der Waals surface area contributed by atoms with Crippen molar-refractivity contribution in [3.8, 4) is 11.4 Å². The number of cyclic esters (lactones) is 1. The number of nitrogen functional groups attached to an aromatic ring is 1. The first-order chi connectivity index (χ1) is 14.6. The van der Waals surface area contributed by atoms with Gasteiger partial charge in [-0.1, -0.05) is 6.92 Å². The Morgan fingerprint density at radius 1 is 1.17 bits per heavy atom. The number of aromatic nitrogens is 2. The zero-order chi connectivity index (χ0) is 20.6. The van der Waals surface area contributed by atoms with Gasteiger partial charge in [0.2, 0.25) is 0 Å². The van der Waals surface area contributed by atoms with Gasteiger partial charge in [-0.25, -0.2) is 4.98 Å². The Morgan fingerprint density at radius 3 is 2.83 bits per heavy atom. The second kappa shape index (κ2) is 6.17. The van der Waals surface area contributed by atoms with E-state index in [1.807, 2.05) is 23.6 Å². The van der Waals surface area contributed by atoms with Crippen LogP contribution in [-0.4, -0.2) is 15.5 Å². The van der Waals surface area contributed by atoms with E-state index in [1.165, 1.54) is 16.5 Å². The molecule has 30 heavy (non-hydrogen) atoms. The van der Waals surface area contributed by atoms with Crippen molar-refractivity contribution in [1.82, 2.24) is 9.55 Å². The van der Waals surface area contributed by atoms with Crippen molar-refractivity contribution in [2.45, 2.75) is 52.2 Å². The number of hydrogen-bond donors (Lipinski definition) is 1. The van der Waals surface area contributed by atoms with Crippen molar-refractivity contribution in [3.05, 3.63) is 56.4 Å². The minimum atomic E-state index is -0.211. The minimum Gasteiger partial charge on any atom is -0.460 e. The van der Waals surface area contributed by atoms with E-state index in [1.54, 1.807) is 0 Å². The van der Waals surface area contributed by atoms with E-state index in [4.69, 9.17) is 15.5 Å². The second-order valence-electron chi connectivity index (χ2n) is 8.64. The summed E-state index contributed by atoms with van der Waals surface area (Å²) < 4.78 is 7.22. The van der Waals surface area contributed by atoms with Gasteiger partial charge in [0.25, 0.3) is 5.56 Å². The van der Waals surface area contributed by atoms with Crippen molar-refractivity contribution < 1.29 is 9.53 Å². The zero-order valence-corrected chi connectivity index (χ0v) is 17.0. The van der Waals surface area contributed by atoms with Gasteiger partial charge >= 0.3 is 5.97 Å². The zero-order valence-electron chi connectivity index (χ0n) is 17.0. The molecule has 152 valence electrons. The van der Waals surface area contributed by atoms with Crippen LogP contribution in [-0.2, 0) is 41.9 Å². The Hall–Kier alpha value is -3.15. The largest absolute Gasteiger partial charge is 0.460 e. The maximum Gasteiger partial charge on any atom is 0.309 e. The normalized spacial score (nSPS) is 19.1. The molecule has 6 heteroatoms. The fourth-order valence-electron chi connectivity index (χ4n) is 5.44. The van der Waals surface area contributed by atoms with Crippen LogP contribution in [0.3, 0.4) is 0 Å². The van der Waals surface area contributed by atoms with Crippen LogP contribution in [0.2, 0.25) is 0 Å². The summed E-state index contributed by atoms with van der Waals surface area (Å²) in [7, 11) is 0. The van der Waals surface area contributed by atoms with Crippen LogP contribution < -0.4 is 11.3 Å². The maximum atomic E-state index is 13.4. The number of benzene rings is 1. The molecular formula is C24H23N3O3.